The molecule has 28 heavy (non-hydrogen) atoms. The van der Waals surface area contributed by atoms with E-state index in [1.165, 1.54) is 5.56 Å². The number of piperidine rings is 1. The summed E-state index contributed by atoms with van der Waals surface area (Å²) < 4.78 is 5.02. The van der Waals surface area contributed by atoms with Gasteiger partial charge in [0.1, 0.15) is 0 Å². The molecule has 2 atom stereocenters. The molecule has 1 heterocycles. The summed E-state index contributed by atoms with van der Waals surface area (Å²) in [4.78, 5) is 27.5. The highest BCUT2D eigenvalue weighted by Crippen LogP contribution is 2.30. The smallest absolute Gasteiger partial charge is 0.227 e. The van der Waals surface area contributed by atoms with Crippen LogP contribution in [0.1, 0.15) is 23.5 Å². The Balaban J connectivity index is 1.72. The van der Waals surface area contributed by atoms with E-state index in [2.05, 4.69) is 17.4 Å². The van der Waals surface area contributed by atoms with Crippen molar-refractivity contribution in [3.63, 3.8) is 0 Å². The van der Waals surface area contributed by atoms with Gasteiger partial charge in [0.25, 0.3) is 0 Å². The van der Waals surface area contributed by atoms with Gasteiger partial charge in [0.2, 0.25) is 11.8 Å². The van der Waals surface area contributed by atoms with Crippen LogP contribution in [0.25, 0.3) is 0 Å². The minimum Gasteiger partial charge on any atom is -0.383 e. The zero-order valence-electron chi connectivity index (χ0n) is 16.3. The van der Waals surface area contributed by atoms with Crippen LogP contribution in [0, 0.1) is 5.92 Å². The maximum atomic E-state index is 12.9. The van der Waals surface area contributed by atoms with Crippen LogP contribution in [-0.2, 0) is 20.7 Å². The molecule has 0 aliphatic carbocycles. The van der Waals surface area contributed by atoms with E-state index in [-0.39, 0.29) is 23.7 Å². The van der Waals surface area contributed by atoms with Crippen LogP contribution in [0.4, 0.5) is 0 Å². The van der Waals surface area contributed by atoms with Crippen molar-refractivity contribution < 1.29 is 14.3 Å². The first-order valence-electron chi connectivity index (χ1n) is 9.80. The Hall–Kier alpha value is -2.66. The Morgan fingerprint density at radius 1 is 1.04 bits per heavy atom. The molecule has 1 saturated heterocycles. The molecule has 1 N–H and O–H groups in total. The average Bonchev–Trinajstić information content (AvgIpc) is 2.75. The Bertz CT molecular complexity index is 764. The number of benzene rings is 2. The van der Waals surface area contributed by atoms with Crippen molar-refractivity contribution in [1.29, 1.82) is 0 Å². The molecule has 0 spiro atoms. The number of carbonyl (C=O) groups is 2. The third-order valence-electron chi connectivity index (χ3n) is 5.25. The van der Waals surface area contributed by atoms with E-state index in [0.29, 0.717) is 32.7 Å². The average molecular weight is 380 g/mol. The van der Waals surface area contributed by atoms with Crippen molar-refractivity contribution in [3.05, 3.63) is 71.8 Å². The van der Waals surface area contributed by atoms with E-state index in [1.54, 1.807) is 7.11 Å². The predicted octanol–water partition coefficient (Wildman–Crippen LogP) is 2.62. The fourth-order valence-corrected chi connectivity index (χ4v) is 3.76. The lowest BCUT2D eigenvalue weighted by Crippen LogP contribution is -2.48. The van der Waals surface area contributed by atoms with Crippen molar-refractivity contribution in [3.8, 4) is 0 Å². The first-order chi connectivity index (χ1) is 13.7. The van der Waals surface area contributed by atoms with Gasteiger partial charge in [0.15, 0.2) is 0 Å². The second-order valence-electron chi connectivity index (χ2n) is 7.29. The second kappa shape index (κ2) is 10.0. The standard InChI is InChI=1S/C23H28N2O3/c1-28-13-12-24-23(27)21-15-20(19-10-6-3-7-11-19)16-25(17-21)22(26)14-18-8-4-2-5-9-18/h2-11,20-21H,12-17H2,1H3,(H,24,27). The molecule has 0 saturated carbocycles. The zero-order valence-corrected chi connectivity index (χ0v) is 16.3. The van der Waals surface area contributed by atoms with E-state index in [0.717, 1.165) is 12.0 Å². The van der Waals surface area contributed by atoms with Gasteiger partial charge < -0.3 is 15.0 Å². The highest BCUT2D eigenvalue weighted by Gasteiger charge is 2.34. The van der Waals surface area contributed by atoms with E-state index >= 15 is 0 Å². The van der Waals surface area contributed by atoms with E-state index in [1.807, 2.05) is 53.4 Å². The fraction of sp³-hybridized carbons (Fsp3) is 0.391. The Kier molecular flexibility index (Phi) is 7.20. The van der Waals surface area contributed by atoms with Gasteiger partial charge in [-0.3, -0.25) is 9.59 Å². The molecule has 0 aromatic heterocycles. The number of ether oxygens (including phenoxy) is 1. The summed E-state index contributed by atoms with van der Waals surface area (Å²) in [6, 6.07) is 19.9. The van der Waals surface area contributed by atoms with Crippen LogP contribution >= 0.6 is 0 Å². The topological polar surface area (TPSA) is 58.6 Å². The number of carbonyl (C=O) groups excluding carboxylic acids is 2. The monoisotopic (exact) mass is 380 g/mol. The van der Waals surface area contributed by atoms with Gasteiger partial charge in [0, 0.05) is 32.7 Å². The minimum atomic E-state index is -0.212. The van der Waals surface area contributed by atoms with Gasteiger partial charge in [-0.25, -0.2) is 0 Å². The van der Waals surface area contributed by atoms with Gasteiger partial charge in [-0.05, 0) is 17.5 Å². The lowest BCUT2D eigenvalue weighted by atomic mass is 9.84. The molecule has 5 nitrogen and oxygen atoms in total. The van der Waals surface area contributed by atoms with Crippen LogP contribution in [0.15, 0.2) is 60.7 Å². The van der Waals surface area contributed by atoms with Crippen molar-refractivity contribution in [2.24, 2.45) is 5.92 Å². The molecule has 2 unspecified atom stereocenters. The Labute approximate surface area is 166 Å². The van der Waals surface area contributed by atoms with Gasteiger partial charge >= 0.3 is 0 Å². The molecule has 1 aliphatic rings. The highest BCUT2D eigenvalue weighted by atomic mass is 16.5. The molecule has 1 aliphatic heterocycles. The molecule has 0 radical (unpaired) electrons. The van der Waals surface area contributed by atoms with Crippen molar-refractivity contribution >= 4 is 11.8 Å². The van der Waals surface area contributed by atoms with Crippen molar-refractivity contribution in [2.45, 2.75) is 18.8 Å². The molecule has 2 aromatic rings. The number of hydrogen-bond donors (Lipinski definition) is 1. The van der Waals surface area contributed by atoms with Crippen LogP contribution in [-0.4, -0.2) is 50.1 Å². The van der Waals surface area contributed by atoms with E-state index in [9.17, 15) is 9.59 Å². The summed E-state index contributed by atoms with van der Waals surface area (Å²) >= 11 is 0. The van der Waals surface area contributed by atoms with Gasteiger partial charge in [0.05, 0.1) is 18.9 Å². The molecule has 0 bridgehead atoms. The van der Waals surface area contributed by atoms with Crippen LogP contribution < -0.4 is 5.32 Å². The first kappa shape index (κ1) is 20.1. The summed E-state index contributed by atoms with van der Waals surface area (Å²) in [5.74, 6) is 0.0140. The lowest BCUT2D eigenvalue weighted by Gasteiger charge is -2.37. The first-order valence-corrected chi connectivity index (χ1v) is 9.80. The number of hydrogen-bond acceptors (Lipinski definition) is 3. The summed E-state index contributed by atoms with van der Waals surface area (Å²) in [6.07, 6.45) is 1.11. The van der Waals surface area contributed by atoms with E-state index in [4.69, 9.17) is 4.74 Å². The highest BCUT2D eigenvalue weighted by molar-refractivity contribution is 5.82. The Morgan fingerprint density at radius 3 is 2.39 bits per heavy atom. The molecule has 5 heteroatoms. The van der Waals surface area contributed by atoms with Crippen molar-refractivity contribution in [1.82, 2.24) is 10.2 Å². The number of likely N-dealkylation sites (tertiary alicyclic amines) is 1. The maximum Gasteiger partial charge on any atom is 0.227 e. The number of nitrogens with zero attached hydrogens (tertiary/aromatic N) is 1. The van der Waals surface area contributed by atoms with E-state index < -0.39 is 0 Å². The van der Waals surface area contributed by atoms with Gasteiger partial charge in [-0.1, -0.05) is 60.7 Å². The molecular formula is C23H28N2O3. The quantitative estimate of drug-likeness (QED) is 0.752. The van der Waals surface area contributed by atoms with Crippen LogP contribution in [0.2, 0.25) is 0 Å². The Morgan fingerprint density at radius 2 is 1.71 bits per heavy atom. The molecular weight excluding hydrogens is 352 g/mol. The summed E-state index contributed by atoms with van der Waals surface area (Å²) in [7, 11) is 1.61. The summed E-state index contributed by atoms with van der Waals surface area (Å²) in [5.41, 5.74) is 2.17. The molecule has 148 valence electrons. The molecule has 2 amide bonds. The third kappa shape index (κ3) is 5.42. The van der Waals surface area contributed by atoms with Crippen LogP contribution in [0.3, 0.4) is 0 Å². The predicted molar refractivity (Wildman–Crippen MR) is 109 cm³/mol. The van der Waals surface area contributed by atoms with Gasteiger partial charge in [-0.2, -0.15) is 0 Å². The zero-order chi connectivity index (χ0) is 19.8. The molecule has 1 fully saturated rings. The third-order valence-corrected chi connectivity index (χ3v) is 5.25. The second-order valence-corrected chi connectivity index (χ2v) is 7.29. The van der Waals surface area contributed by atoms with Crippen molar-refractivity contribution in [2.75, 3.05) is 33.4 Å². The number of methoxy groups -OCH3 is 1. The number of amides is 2. The normalized spacial score (nSPS) is 19.2. The number of nitrogens with one attached hydrogen (secondary N) is 1. The largest absolute Gasteiger partial charge is 0.383 e. The number of rotatable bonds is 7. The summed E-state index contributed by atoms with van der Waals surface area (Å²) in [5, 5.41) is 2.93. The fourth-order valence-electron chi connectivity index (χ4n) is 3.76. The lowest BCUT2D eigenvalue weighted by molar-refractivity contribution is -0.135. The maximum absolute atomic E-state index is 12.9. The SMILES string of the molecule is COCCNC(=O)C1CC(c2ccccc2)CN(C(=O)Cc2ccccc2)C1. The van der Waals surface area contributed by atoms with Gasteiger partial charge in [-0.15, -0.1) is 0 Å². The molecule has 3 rings (SSSR count). The van der Waals surface area contributed by atoms with Crippen LogP contribution in [0.5, 0.6) is 0 Å². The summed E-state index contributed by atoms with van der Waals surface area (Å²) in [6.45, 7) is 2.09. The minimum absolute atomic E-state index is 0.00445. The molecule has 2 aromatic carbocycles.